The maximum Gasteiger partial charge on any atom is 0.265 e. The number of amides is 1. The minimum Gasteiger partial charge on any atom is -0.481 e. The Morgan fingerprint density at radius 2 is 1.96 bits per heavy atom. The van der Waals surface area contributed by atoms with Gasteiger partial charge in [0.15, 0.2) is 11.2 Å². The third kappa shape index (κ3) is 4.29. The molecule has 7 heteroatoms. The number of thiazole rings is 1. The molecule has 3 aromatic rings. The zero-order valence-corrected chi connectivity index (χ0v) is 15.0. The number of aromatic nitrogens is 1. The average molecular weight is 374 g/mol. The lowest BCUT2D eigenvalue weighted by Crippen LogP contribution is -2.30. The lowest BCUT2D eigenvalue weighted by Gasteiger charge is -2.15. The first-order valence-electron chi connectivity index (χ1n) is 7.56. The number of para-hydroxylation sites is 1. The van der Waals surface area contributed by atoms with Crippen molar-refractivity contribution in [1.29, 1.82) is 0 Å². The van der Waals surface area contributed by atoms with Gasteiger partial charge < -0.3 is 15.8 Å². The number of nitrogen functional groups attached to an aromatic ring is 1. The van der Waals surface area contributed by atoms with Crippen LogP contribution in [0.15, 0.2) is 53.9 Å². The largest absolute Gasteiger partial charge is 0.481 e. The molecule has 0 aliphatic heterocycles. The predicted octanol–water partition coefficient (Wildman–Crippen LogP) is 4.45. The van der Waals surface area contributed by atoms with Crippen molar-refractivity contribution < 1.29 is 9.53 Å². The van der Waals surface area contributed by atoms with E-state index in [1.807, 2.05) is 17.5 Å². The monoisotopic (exact) mass is 373 g/mol. The third-order valence-electron chi connectivity index (χ3n) is 3.49. The molecule has 1 amide bonds. The maximum absolute atomic E-state index is 12.2. The second kappa shape index (κ2) is 7.55. The minimum absolute atomic E-state index is 0.274. The molecule has 1 aromatic heterocycles. The van der Waals surface area contributed by atoms with Gasteiger partial charge in [-0.15, -0.1) is 11.3 Å². The van der Waals surface area contributed by atoms with E-state index >= 15 is 0 Å². The molecule has 25 heavy (non-hydrogen) atoms. The van der Waals surface area contributed by atoms with Crippen molar-refractivity contribution in [2.45, 2.75) is 13.0 Å². The number of nitrogens with one attached hydrogen (secondary N) is 1. The predicted molar refractivity (Wildman–Crippen MR) is 102 cm³/mol. The first kappa shape index (κ1) is 17.3. The highest BCUT2D eigenvalue weighted by atomic mass is 35.5. The molecule has 3 N–H and O–H groups in total. The molecule has 1 unspecified atom stereocenters. The van der Waals surface area contributed by atoms with Crippen LogP contribution >= 0.6 is 22.9 Å². The summed E-state index contributed by atoms with van der Waals surface area (Å²) in [5.41, 5.74) is 7.96. The topological polar surface area (TPSA) is 77.2 Å². The normalized spacial score (nSPS) is 11.8. The molecule has 128 valence electrons. The quantitative estimate of drug-likeness (QED) is 0.692. The van der Waals surface area contributed by atoms with Crippen molar-refractivity contribution in [2.24, 2.45) is 0 Å². The van der Waals surface area contributed by atoms with Crippen LogP contribution in [0.1, 0.15) is 6.92 Å². The van der Waals surface area contributed by atoms with Crippen molar-refractivity contribution in [3.63, 3.8) is 0 Å². The van der Waals surface area contributed by atoms with Gasteiger partial charge in [-0.25, -0.2) is 4.98 Å². The van der Waals surface area contributed by atoms with E-state index < -0.39 is 6.10 Å². The molecule has 0 aliphatic carbocycles. The van der Waals surface area contributed by atoms with E-state index in [9.17, 15) is 4.79 Å². The van der Waals surface area contributed by atoms with E-state index in [4.69, 9.17) is 22.1 Å². The lowest BCUT2D eigenvalue weighted by molar-refractivity contribution is -0.122. The number of anilines is 2. The van der Waals surface area contributed by atoms with Crippen molar-refractivity contribution in [2.75, 3.05) is 11.1 Å². The van der Waals surface area contributed by atoms with E-state index in [0.29, 0.717) is 21.6 Å². The number of hydrogen-bond acceptors (Lipinski definition) is 5. The van der Waals surface area contributed by atoms with E-state index in [2.05, 4.69) is 10.3 Å². The second-order valence-corrected chi connectivity index (χ2v) is 6.62. The van der Waals surface area contributed by atoms with Crippen LogP contribution in [0.4, 0.5) is 10.8 Å². The number of nitrogens with zero attached hydrogens (tertiary/aromatic N) is 1. The zero-order chi connectivity index (χ0) is 17.8. The summed E-state index contributed by atoms with van der Waals surface area (Å²) in [6.45, 7) is 1.68. The fourth-order valence-corrected chi connectivity index (χ4v) is 2.93. The summed E-state index contributed by atoms with van der Waals surface area (Å²) in [5, 5.41) is 5.65. The Morgan fingerprint density at radius 1 is 1.24 bits per heavy atom. The Bertz CT molecular complexity index is 880. The van der Waals surface area contributed by atoms with Gasteiger partial charge in [0.25, 0.3) is 5.91 Å². The SMILES string of the molecule is CC(Oc1ccc(-c2csc(N)n2)cc1)C(=O)Nc1ccccc1Cl. The first-order chi connectivity index (χ1) is 12.0. The fourth-order valence-electron chi connectivity index (χ4n) is 2.18. The summed E-state index contributed by atoms with van der Waals surface area (Å²) >= 11 is 7.43. The summed E-state index contributed by atoms with van der Waals surface area (Å²) in [4.78, 5) is 16.5. The van der Waals surface area contributed by atoms with Crippen LogP contribution in [0, 0.1) is 0 Å². The Morgan fingerprint density at radius 3 is 2.60 bits per heavy atom. The van der Waals surface area contributed by atoms with Gasteiger partial charge in [0, 0.05) is 10.9 Å². The molecule has 0 saturated carbocycles. The first-order valence-corrected chi connectivity index (χ1v) is 8.82. The summed E-state index contributed by atoms with van der Waals surface area (Å²) in [6.07, 6.45) is -0.669. The smallest absolute Gasteiger partial charge is 0.265 e. The van der Waals surface area contributed by atoms with E-state index in [-0.39, 0.29) is 5.91 Å². The van der Waals surface area contributed by atoms with Crippen LogP contribution < -0.4 is 15.8 Å². The highest BCUT2D eigenvalue weighted by molar-refractivity contribution is 7.13. The number of carbonyl (C=O) groups excluding carboxylic acids is 1. The van der Waals surface area contributed by atoms with Gasteiger partial charge in [-0.3, -0.25) is 4.79 Å². The summed E-state index contributed by atoms with van der Waals surface area (Å²) in [6, 6.07) is 14.4. The summed E-state index contributed by atoms with van der Waals surface area (Å²) in [7, 11) is 0. The number of halogens is 1. The van der Waals surface area contributed by atoms with Gasteiger partial charge >= 0.3 is 0 Å². The molecule has 0 bridgehead atoms. The van der Waals surface area contributed by atoms with Gasteiger partial charge in [0.1, 0.15) is 5.75 Å². The van der Waals surface area contributed by atoms with Crippen LogP contribution in [0.3, 0.4) is 0 Å². The summed E-state index contributed by atoms with van der Waals surface area (Å²) in [5.74, 6) is 0.318. The van der Waals surface area contributed by atoms with E-state index in [0.717, 1.165) is 11.3 Å². The average Bonchev–Trinajstić information content (AvgIpc) is 3.04. The number of ether oxygens (including phenoxy) is 1. The number of hydrogen-bond donors (Lipinski definition) is 2. The van der Waals surface area contributed by atoms with Gasteiger partial charge in [0.2, 0.25) is 0 Å². The fraction of sp³-hybridized carbons (Fsp3) is 0.111. The third-order valence-corrected chi connectivity index (χ3v) is 4.49. The molecule has 1 heterocycles. The van der Waals surface area contributed by atoms with Crippen molar-refractivity contribution >= 4 is 39.7 Å². The molecule has 5 nitrogen and oxygen atoms in total. The zero-order valence-electron chi connectivity index (χ0n) is 13.4. The molecule has 2 aromatic carbocycles. The van der Waals surface area contributed by atoms with Crippen LogP contribution in [0.2, 0.25) is 5.02 Å². The number of nitrogens with two attached hydrogens (primary N) is 1. The molecule has 0 radical (unpaired) electrons. The lowest BCUT2D eigenvalue weighted by atomic mass is 10.2. The Balaban J connectivity index is 1.63. The van der Waals surface area contributed by atoms with Gasteiger partial charge in [0.05, 0.1) is 16.4 Å². The molecule has 0 aliphatic rings. The molecule has 3 rings (SSSR count). The molecule has 0 fully saturated rings. The Labute approximate surface area is 154 Å². The van der Waals surface area contributed by atoms with Crippen molar-refractivity contribution in [3.8, 4) is 17.0 Å². The second-order valence-electron chi connectivity index (χ2n) is 5.32. The van der Waals surface area contributed by atoms with Gasteiger partial charge in [-0.05, 0) is 43.3 Å². The number of rotatable bonds is 5. The Kier molecular flexibility index (Phi) is 5.21. The molecule has 0 saturated heterocycles. The van der Waals surface area contributed by atoms with Gasteiger partial charge in [-0.1, -0.05) is 23.7 Å². The number of benzene rings is 2. The summed E-state index contributed by atoms with van der Waals surface area (Å²) < 4.78 is 5.69. The number of carbonyl (C=O) groups is 1. The maximum atomic E-state index is 12.2. The van der Waals surface area contributed by atoms with E-state index in [1.165, 1.54) is 11.3 Å². The molecule has 0 spiro atoms. The van der Waals surface area contributed by atoms with Crippen molar-refractivity contribution in [3.05, 3.63) is 58.9 Å². The standard InChI is InChI=1S/C18H16ClN3O2S/c1-11(17(23)21-15-5-3-2-4-14(15)19)24-13-8-6-12(7-9-13)16-10-25-18(20)22-16/h2-11H,1H3,(H2,20,22)(H,21,23). The van der Waals surface area contributed by atoms with E-state index in [1.54, 1.807) is 43.3 Å². The minimum atomic E-state index is -0.669. The van der Waals surface area contributed by atoms with Crippen LogP contribution in [-0.2, 0) is 4.79 Å². The molecular weight excluding hydrogens is 358 g/mol. The van der Waals surface area contributed by atoms with Crippen LogP contribution in [0.25, 0.3) is 11.3 Å². The highest BCUT2D eigenvalue weighted by Crippen LogP contribution is 2.26. The molecular formula is C18H16ClN3O2S. The Hall–Kier alpha value is -2.57. The van der Waals surface area contributed by atoms with Crippen molar-refractivity contribution in [1.82, 2.24) is 4.98 Å². The van der Waals surface area contributed by atoms with Gasteiger partial charge in [-0.2, -0.15) is 0 Å². The molecule has 1 atom stereocenters. The van der Waals surface area contributed by atoms with Crippen LogP contribution in [-0.4, -0.2) is 17.0 Å². The highest BCUT2D eigenvalue weighted by Gasteiger charge is 2.16. The van der Waals surface area contributed by atoms with Crippen LogP contribution in [0.5, 0.6) is 5.75 Å².